The van der Waals surface area contributed by atoms with Gasteiger partial charge in [-0.3, -0.25) is 29.0 Å². The van der Waals surface area contributed by atoms with E-state index < -0.39 is 72.8 Å². The van der Waals surface area contributed by atoms with Crippen LogP contribution in [-0.4, -0.2) is 94.2 Å². The van der Waals surface area contributed by atoms with Crippen molar-refractivity contribution in [2.75, 3.05) is 13.2 Å². The Bertz CT molecular complexity index is 816. The van der Waals surface area contributed by atoms with Crippen molar-refractivity contribution >= 4 is 41.5 Å². The van der Waals surface area contributed by atoms with Gasteiger partial charge in [-0.15, -0.1) is 0 Å². The number of aliphatic hydroxyl groups is 1. The predicted octanol–water partition coefficient (Wildman–Crippen LogP) is -5.36. The van der Waals surface area contributed by atoms with Gasteiger partial charge in [-0.1, -0.05) is 0 Å². The highest BCUT2D eigenvalue weighted by Crippen LogP contribution is 2.03. The molecule has 0 heterocycles. The van der Waals surface area contributed by atoms with Gasteiger partial charge < -0.3 is 54.2 Å². The Morgan fingerprint density at radius 1 is 0.800 bits per heavy atom. The summed E-state index contributed by atoms with van der Waals surface area (Å²) < 4.78 is 0. The molecule has 17 nitrogen and oxygen atoms in total. The fourth-order valence-electron chi connectivity index (χ4n) is 2.61. The van der Waals surface area contributed by atoms with Crippen LogP contribution in [0.4, 0.5) is 0 Å². The SMILES string of the molecule is NC(=O)CCC(NC(=O)C(N)CC(=O)O)C(=O)NC(CO)C(=O)NC(CCCN=C(N)N)C(=O)O. The van der Waals surface area contributed by atoms with Gasteiger partial charge in [0.2, 0.25) is 23.6 Å². The van der Waals surface area contributed by atoms with Crippen LogP contribution >= 0.6 is 0 Å². The van der Waals surface area contributed by atoms with E-state index >= 15 is 0 Å². The molecule has 0 saturated carbocycles. The number of aliphatic imine (C=N–C) groups is 1. The molecule has 198 valence electrons. The normalized spacial score (nSPS) is 13.9. The van der Waals surface area contributed by atoms with Crippen molar-refractivity contribution in [2.45, 2.75) is 56.3 Å². The molecule has 0 rings (SSSR count). The number of aliphatic hydroxyl groups excluding tert-OH is 1. The highest BCUT2D eigenvalue weighted by Gasteiger charge is 2.30. The zero-order valence-corrected chi connectivity index (χ0v) is 18.8. The number of carbonyl (C=O) groups is 6. The summed E-state index contributed by atoms with van der Waals surface area (Å²) in [4.78, 5) is 74.1. The van der Waals surface area contributed by atoms with Gasteiger partial charge in [-0.2, -0.15) is 0 Å². The first-order chi connectivity index (χ1) is 16.3. The molecule has 0 aromatic heterocycles. The first-order valence-corrected chi connectivity index (χ1v) is 10.3. The van der Waals surface area contributed by atoms with Crippen LogP contribution in [-0.2, 0) is 28.8 Å². The number of hydrogen-bond acceptors (Lipinski definition) is 9. The predicted molar refractivity (Wildman–Crippen MR) is 119 cm³/mol. The van der Waals surface area contributed by atoms with Gasteiger partial charge in [0.25, 0.3) is 0 Å². The summed E-state index contributed by atoms with van der Waals surface area (Å²) in [6, 6.07) is -5.99. The maximum atomic E-state index is 12.6. The van der Waals surface area contributed by atoms with Crippen LogP contribution in [0.2, 0.25) is 0 Å². The Morgan fingerprint density at radius 3 is 1.83 bits per heavy atom. The number of nitrogens with two attached hydrogens (primary N) is 4. The van der Waals surface area contributed by atoms with E-state index in [-0.39, 0.29) is 38.2 Å². The maximum absolute atomic E-state index is 12.6. The molecule has 4 atom stereocenters. The third-order valence-corrected chi connectivity index (χ3v) is 4.42. The topological polar surface area (TPSA) is 316 Å². The van der Waals surface area contributed by atoms with Gasteiger partial charge in [0.05, 0.1) is 19.1 Å². The van der Waals surface area contributed by atoms with Crippen LogP contribution < -0.4 is 38.9 Å². The Labute approximate surface area is 199 Å². The first kappa shape index (κ1) is 31.0. The molecule has 0 aliphatic heterocycles. The lowest BCUT2D eigenvalue weighted by atomic mass is 10.1. The van der Waals surface area contributed by atoms with Crippen molar-refractivity contribution in [3.8, 4) is 0 Å². The number of primary amides is 1. The smallest absolute Gasteiger partial charge is 0.326 e. The maximum Gasteiger partial charge on any atom is 0.326 e. The number of carbonyl (C=O) groups excluding carboxylic acids is 4. The zero-order chi connectivity index (χ0) is 27.1. The van der Waals surface area contributed by atoms with Crippen molar-refractivity contribution in [3.63, 3.8) is 0 Å². The van der Waals surface area contributed by atoms with E-state index in [0.717, 1.165) is 0 Å². The molecule has 0 saturated heterocycles. The van der Waals surface area contributed by atoms with E-state index in [1.807, 2.05) is 0 Å². The molecule has 0 spiro atoms. The monoisotopic (exact) mass is 504 g/mol. The summed E-state index contributed by atoms with van der Waals surface area (Å²) in [7, 11) is 0. The van der Waals surface area contributed by atoms with Gasteiger partial charge >= 0.3 is 11.9 Å². The van der Waals surface area contributed by atoms with Crippen LogP contribution in [0.5, 0.6) is 0 Å². The van der Waals surface area contributed by atoms with Gasteiger partial charge in [-0.25, -0.2) is 4.79 Å². The fraction of sp³-hybridized carbons (Fsp3) is 0.611. The average Bonchev–Trinajstić information content (AvgIpc) is 2.75. The lowest BCUT2D eigenvalue weighted by Gasteiger charge is -2.24. The number of carboxylic acids is 2. The summed E-state index contributed by atoms with van der Waals surface area (Å²) in [5.74, 6) is -6.85. The molecule has 17 heteroatoms. The van der Waals surface area contributed by atoms with Crippen LogP contribution in [0.1, 0.15) is 32.1 Å². The fourth-order valence-corrected chi connectivity index (χ4v) is 2.61. The second-order valence-corrected chi connectivity index (χ2v) is 7.36. The minimum atomic E-state index is -1.62. The molecule has 0 aliphatic rings. The summed E-state index contributed by atoms with van der Waals surface area (Å²) in [6.07, 6.45) is -1.29. The molecular formula is C18H32N8O9. The van der Waals surface area contributed by atoms with E-state index in [9.17, 15) is 39.0 Å². The van der Waals surface area contributed by atoms with Crippen LogP contribution in [0.3, 0.4) is 0 Å². The summed E-state index contributed by atoms with van der Waals surface area (Å²) in [6.45, 7) is -0.833. The zero-order valence-electron chi connectivity index (χ0n) is 18.8. The number of nitrogens with one attached hydrogen (secondary N) is 3. The number of rotatable bonds is 17. The van der Waals surface area contributed by atoms with E-state index in [2.05, 4.69) is 20.9 Å². The Balaban J connectivity index is 5.27. The lowest BCUT2D eigenvalue weighted by molar-refractivity contribution is -0.142. The molecule has 0 radical (unpaired) electrons. The minimum absolute atomic E-state index is 0.0668. The van der Waals surface area contributed by atoms with Crippen LogP contribution in [0, 0.1) is 0 Å². The number of aliphatic carboxylic acids is 2. The number of amides is 4. The van der Waals surface area contributed by atoms with Crippen molar-refractivity contribution in [1.82, 2.24) is 16.0 Å². The largest absolute Gasteiger partial charge is 0.481 e. The highest BCUT2D eigenvalue weighted by atomic mass is 16.4. The Hall–Kier alpha value is -3.99. The molecule has 0 aromatic rings. The number of nitrogens with zero attached hydrogens (tertiary/aromatic N) is 1. The molecule has 0 bridgehead atoms. The number of hydrogen-bond donors (Lipinski definition) is 10. The first-order valence-electron chi connectivity index (χ1n) is 10.3. The van der Waals surface area contributed by atoms with Gasteiger partial charge in [0, 0.05) is 13.0 Å². The number of guanidine groups is 1. The third kappa shape index (κ3) is 13.3. The van der Waals surface area contributed by atoms with Crippen molar-refractivity contribution in [2.24, 2.45) is 27.9 Å². The third-order valence-electron chi connectivity index (χ3n) is 4.42. The Morgan fingerprint density at radius 2 is 1.34 bits per heavy atom. The van der Waals surface area contributed by atoms with Gasteiger partial charge in [-0.05, 0) is 19.3 Å². The van der Waals surface area contributed by atoms with E-state index in [0.29, 0.717) is 0 Å². The second-order valence-electron chi connectivity index (χ2n) is 7.36. The molecule has 4 amide bonds. The molecule has 0 aromatic carbocycles. The van der Waals surface area contributed by atoms with Crippen molar-refractivity contribution in [3.05, 3.63) is 0 Å². The minimum Gasteiger partial charge on any atom is -0.481 e. The Kier molecular flexibility index (Phi) is 14.0. The molecule has 4 unspecified atom stereocenters. The second kappa shape index (κ2) is 15.8. The van der Waals surface area contributed by atoms with Gasteiger partial charge in [0.1, 0.15) is 18.1 Å². The summed E-state index contributed by atoms with van der Waals surface area (Å²) >= 11 is 0. The quantitative estimate of drug-likeness (QED) is 0.0504. The summed E-state index contributed by atoms with van der Waals surface area (Å²) in [5, 5.41) is 34.0. The van der Waals surface area contributed by atoms with Gasteiger partial charge in [0.15, 0.2) is 5.96 Å². The molecule has 35 heavy (non-hydrogen) atoms. The number of carboxylic acid groups (broad SMARTS) is 2. The molecular weight excluding hydrogens is 472 g/mol. The standard InChI is InChI=1S/C18H32N8O9/c19-8(6-13(29)30)14(31)24-9(3-4-12(20)28)15(32)26-11(7-27)16(33)25-10(17(34)35)2-1-5-23-18(21)22/h8-11,27H,1-7,19H2,(H2,20,28)(H,24,31)(H,25,33)(H,26,32)(H,29,30)(H,34,35)(H4,21,22,23). The summed E-state index contributed by atoms with van der Waals surface area (Å²) in [5.41, 5.74) is 20.9. The van der Waals surface area contributed by atoms with Crippen LogP contribution in [0.25, 0.3) is 0 Å². The van der Waals surface area contributed by atoms with E-state index in [1.54, 1.807) is 0 Å². The van der Waals surface area contributed by atoms with Crippen LogP contribution in [0.15, 0.2) is 4.99 Å². The average molecular weight is 505 g/mol. The highest BCUT2D eigenvalue weighted by molar-refractivity contribution is 5.95. The molecule has 0 fully saturated rings. The van der Waals surface area contributed by atoms with E-state index in [4.69, 9.17) is 28.0 Å². The molecule has 14 N–H and O–H groups in total. The van der Waals surface area contributed by atoms with E-state index in [1.165, 1.54) is 0 Å². The van der Waals surface area contributed by atoms with Crippen molar-refractivity contribution < 1.29 is 44.1 Å². The lowest BCUT2D eigenvalue weighted by Crippen LogP contribution is -2.58. The van der Waals surface area contributed by atoms with Crippen molar-refractivity contribution in [1.29, 1.82) is 0 Å². The molecule has 0 aliphatic carbocycles.